The van der Waals surface area contributed by atoms with Gasteiger partial charge in [0.1, 0.15) is 0 Å². The monoisotopic (exact) mass is 287 g/mol. The number of thiophene rings is 1. The van der Waals surface area contributed by atoms with Crippen molar-refractivity contribution in [3.8, 4) is 10.6 Å². The lowest BCUT2D eigenvalue weighted by Gasteiger charge is -1.91. The summed E-state index contributed by atoms with van der Waals surface area (Å²) in [6, 6.07) is 1.86. The van der Waals surface area contributed by atoms with Crippen LogP contribution in [0.15, 0.2) is 20.7 Å². The highest BCUT2D eigenvalue weighted by atomic mass is 79.9. The van der Waals surface area contributed by atoms with Crippen molar-refractivity contribution < 1.29 is 14.3 Å². The van der Waals surface area contributed by atoms with Gasteiger partial charge in [-0.3, -0.25) is 0 Å². The summed E-state index contributed by atoms with van der Waals surface area (Å²) in [4.78, 5) is 15.2. The molecule has 0 saturated carbocycles. The highest BCUT2D eigenvalue weighted by Crippen LogP contribution is 2.35. The normalized spacial score (nSPS) is 10.5. The van der Waals surface area contributed by atoms with Crippen molar-refractivity contribution >= 4 is 33.2 Å². The van der Waals surface area contributed by atoms with Gasteiger partial charge in [0.15, 0.2) is 17.8 Å². The van der Waals surface area contributed by atoms with Crippen LogP contribution in [0.25, 0.3) is 10.6 Å². The van der Waals surface area contributed by atoms with Crippen LogP contribution in [-0.4, -0.2) is 16.1 Å². The molecule has 2 aromatic heterocycles. The van der Waals surface area contributed by atoms with E-state index in [1.807, 2.05) is 13.0 Å². The smallest absolute Gasteiger partial charge is 0.358 e. The highest BCUT2D eigenvalue weighted by Gasteiger charge is 2.19. The van der Waals surface area contributed by atoms with Crippen molar-refractivity contribution in [2.75, 3.05) is 0 Å². The van der Waals surface area contributed by atoms with E-state index < -0.39 is 5.97 Å². The zero-order chi connectivity index (χ0) is 11.0. The molecule has 0 aromatic carbocycles. The summed E-state index contributed by atoms with van der Waals surface area (Å²) in [5.74, 6) is -0.776. The van der Waals surface area contributed by atoms with E-state index in [1.165, 1.54) is 11.3 Å². The third kappa shape index (κ3) is 1.82. The van der Waals surface area contributed by atoms with Gasteiger partial charge in [-0.05, 0) is 34.5 Å². The van der Waals surface area contributed by atoms with Crippen molar-refractivity contribution in [2.45, 2.75) is 6.92 Å². The Balaban J connectivity index is 2.54. The van der Waals surface area contributed by atoms with Gasteiger partial charge in [-0.2, -0.15) is 0 Å². The number of aromatic carboxylic acids is 1. The Kier molecular flexibility index (Phi) is 2.62. The van der Waals surface area contributed by atoms with Gasteiger partial charge in [-0.1, -0.05) is 0 Å². The van der Waals surface area contributed by atoms with E-state index in [0.717, 1.165) is 20.6 Å². The SMILES string of the molecule is Cc1cc(-c2ocnc2C(=O)O)sc1Br. The maximum atomic E-state index is 10.8. The van der Waals surface area contributed by atoms with Gasteiger partial charge in [0.2, 0.25) is 0 Å². The van der Waals surface area contributed by atoms with Crippen molar-refractivity contribution in [3.05, 3.63) is 27.5 Å². The second-order valence-corrected chi connectivity index (χ2v) is 5.27. The van der Waals surface area contributed by atoms with Crippen LogP contribution >= 0.6 is 27.3 Å². The Labute approximate surface area is 97.7 Å². The number of hydrogen-bond acceptors (Lipinski definition) is 4. The van der Waals surface area contributed by atoms with Crippen LogP contribution in [-0.2, 0) is 0 Å². The van der Waals surface area contributed by atoms with Gasteiger partial charge in [0.25, 0.3) is 0 Å². The number of aryl methyl sites for hydroxylation is 1. The fraction of sp³-hybridized carbons (Fsp3) is 0.111. The minimum atomic E-state index is -1.08. The molecule has 0 radical (unpaired) electrons. The lowest BCUT2D eigenvalue weighted by Crippen LogP contribution is -1.97. The number of carboxylic acid groups (broad SMARTS) is 1. The molecule has 0 bridgehead atoms. The lowest BCUT2D eigenvalue weighted by atomic mass is 10.2. The Hall–Kier alpha value is -1.14. The van der Waals surface area contributed by atoms with Crippen LogP contribution in [0.2, 0.25) is 0 Å². The summed E-state index contributed by atoms with van der Waals surface area (Å²) in [6.07, 6.45) is 1.14. The van der Waals surface area contributed by atoms with E-state index in [1.54, 1.807) is 0 Å². The summed E-state index contributed by atoms with van der Waals surface area (Å²) in [5, 5.41) is 8.86. The molecule has 78 valence electrons. The molecule has 0 amide bonds. The summed E-state index contributed by atoms with van der Waals surface area (Å²) in [6.45, 7) is 1.93. The molecule has 6 heteroatoms. The number of halogens is 1. The van der Waals surface area contributed by atoms with E-state index in [4.69, 9.17) is 9.52 Å². The first-order chi connectivity index (χ1) is 7.09. The van der Waals surface area contributed by atoms with E-state index in [2.05, 4.69) is 20.9 Å². The van der Waals surface area contributed by atoms with E-state index in [-0.39, 0.29) is 5.69 Å². The fourth-order valence-corrected chi connectivity index (χ4v) is 2.67. The van der Waals surface area contributed by atoms with Gasteiger partial charge < -0.3 is 9.52 Å². The predicted octanol–water partition coefficient (Wildman–Crippen LogP) is 3.17. The van der Waals surface area contributed by atoms with Crippen molar-refractivity contribution in [3.63, 3.8) is 0 Å². The number of oxazole rings is 1. The molecule has 4 nitrogen and oxygen atoms in total. The zero-order valence-corrected chi connectivity index (χ0v) is 10.1. The first-order valence-corrected chi connectivity index (χ1v) is 5.63. The van der Waals surface area contributed by atoms with E-state index in [0.29, 0.717) is 5.76 Å². The molecule has 2 heterocycles. The summed E-state index contributed by atoms with van der Waals surface area (Å²) < 4.78 is 6.04. The molecule has 0 unspecified atom stereocenters. The van der Waals surface area contributed by atoms with Crippen LogP contribution in [0.1, 0.15) is 16.1 Å². The standard InChI is InChI=1S/C9H6BrNO3S/c1-4-2-5(15-8(4)10)7-6(9(12)13)11-3-14-7/h2-3H,1H3,(H,12,13). The molecule has 1 N–H and O–H groups in total. The second kappa shape index (κ2) is 3.79. The van der Waals surface area contributed by atoms with E-state index in [9.17, 15) is 4.79 Å². The number of carboxylic acids is 1. The van der Waals surface area contributed by atoms with Gasteiger partial charge in [-0.25, -0.2) is 9.78 Å². The largest absolute Gasteiger partial charge is 0.476 e. The maximum Gasteiger partial charge on any atom is 0.358 e. The lowest BCUT2D eigenvalue weighted by molar-refractivity contribution is 0.0691. The third-order valence-electron chi connectivity index (χ3n) is 1.85. The molecule has 0 aliphatic carbocycles. The Morgan fingerprint density at radius 1 is 1.67 bits per heavy atom. The highest BCUT2D eigenvalue weighted by molar-refractivity contribution is 9.11. The summed E-state index contributed by atoms with van der Waals surface area (Å²) in [7, 11) is 0. The first-order valence-electron chi connectivity index (χ1n) is 4.02. The predicted molar refractivity (Wildman–Crippen MR) is 59.2 cm³/mol. The topological polar surface area (TPSA) is 63.3 Å². The Morgan fingerprint density at radius 2 is 2.40 bits per heavy atom. The number of hydrogen-bond donors (Lipinski definition) is 1. The second-order valence-electron chi connectivity index (χ2n) is 2.90. The molecular formula is C9H6BrNO3S. The number of aromatic nitrogens is 1. The zero-order valence-electron chi connectivity index (χ0n) is 7.65. The van der Waals surface area contributed by atoms with Crippen LogP contribution in [0.4, 0.5) is 0 Å². The third-order valence-corrected chi connectivity index (χ3v) is 3.99. The molecule has 15 heavy (non-hydrogen) atoms. The minimum Gasteiger partial charge on any atom is -0.476 e. The molecule has 0 aliphatic rings. The Morgan fingerprint density at radius 3 is 2.93 bits per heavy atom. The molecule has 0 spiro atoms. The molecule has 0 saturated heterocycles. The minimum absolute atomic E-state index is 0.0521. The molecule has 2 rings (SSSR count). The molecule has 0 aliphatic heterocycles. The van der Waals surface area contributed by atoms with Gasteiger partial charge in [0.05, 0.1) is 8.66 Å². The average Bonchev–Trinajstić information content (AvgIpc) is 2.73. The van der Waals surface area contributed by atoms with Gasteiger partial charge in [-0.15, -0.1) is 11.3 Å². The molecule has 0 fully saturated rings. The van der Waals surface area contributed by atoms with Crippen molar-refractivity contribution in [2.24, 2.45) is 0 Å². The Bertz CT molecular complexity index is 498. The van der Waals surface area contributed by atoms with Crippen molar-refractivity contribution in [1.82, 2.24) is 4.98 Å². The number of rotatable bonds is 2. The first kappa shape index (κ1) is 10.4. The van der Waals surface area contributed by atoms with Crippen molar-refractivity contribution in [1.29, 1.82) is 0 Å². The molecular weight excluding hydrogens is 282 g/mol. The van der Waals surface area contributed by atoms with Gasteiger partial charge >= 0.3 is 5.97 Å². The molecule has 0 atom stereocenters. The fourth-order valence-electron chi connectivity index (χ4n) is 1.15. The molecule has 2 aromatic rings. The maximum absolute atomic E-state index is 10.8. The quantitative estimate of drug-likeness (QED) is 0.921. The van der Waals surface area contributed by atoms with Gasteiger partial charge in [0, 0.05) is 0 Å². The van der Waals surface area contributed by atoms with Crippen LogP contribution in [0.5, 0.6) is 0 Å². The summed E-state index contributed by atoms with van der Waals surface area (Å²) >= 11 is 4.80. The van der Waals surface area contributed by atoms with Crippen LogP contribution in [0.3, 0.4) is 0 Å². The number of carbonyl (C=O) groups is 1. The average molecular weight is 288 g/mol. The van der Waals surface area contributed by atoms with Crippen LogP contribution < -0.4 is 0 Å². The summed E-state index contributed by atoms with van der Waals surface area (Å²) in [5.41, 5.74) is 0.992. The van der Waals surface area contributed by atoms with Crippen LogP contribution in [0, 0.1) is 6.92 Å². The number of nitrogens with zero attached hydrogens (tertiary/aromatic N) is 1. The van der Waals surface area contributed by atoms with E-state index >= 15 is 0 Å².